The smallest absolute Gasteiger partial charge is 0.317 e. The van der Waals surface area contributed by atoms with Gasteiger partial charge in [-0.2, -0.15) is 0 Å². The van der Waals surface area contributed by atoms with Crippen molar-refractivity contribution >= 4 is 17.8 Å². The Bertz CT molecular complexity index is 424. The van der Waals surface area contributed by atoms with Gasteiger partial charge >= 0.3 is 11.9 Å². The molecule has 170 valence electrons. The topological polar surface area (TPSA) is 98.2 Å². The first-order valence-corrected chi connectivity index (χ1v) is 11.3. The highest BCUT2D eigenvalue weighted by atomic mass is 16.4. The van der Waals surface area contributed by atoms with Gasteiger partial charge in [0.1, 0.15) is 0 Å². The normalized spacial score (nSPS) is 11.0. The van der Waals surface area contributed by atoms with Gasteiger partial charge in [-0.15, -0.1) is 0 Å². The molecule has 0 aliphatic heterocycles. The highest BCUT2D eigenvalue weighted by Gasteiger charge is 2.20. The van der Waals surface area contributed by atoms with E-state index in [1.54, 1.807) is 4.90 Å². The Morgan fingerprint density at radius 1 is 0.586 bits per heavy atom. The van der Waals surface area contributed by atoms with Crippen LogP contribution in [-0.4, -0.2) is 70.6 Å². The molecule has 0 spiro atoms. The lowest BCUT2D eigenvalue weighted by Crippen LogP contribution is -2.44. The average Bonchev–Trinajstić information content (AvgIpc) is 2.64. The van der Waals surface area contributed by atoms with E-state index >= 15 is 0 Å². The van der Waals surface area contributed by atoms with Crippen molar-refractivity contribution in [2.24, 2.45) is 0 Å². The molecule has 0 aliphatic carbocycles. The first-order valence-electron chi connectivity index (χ1n) is 11.3. The van der Waals surface area contributed by atoms with Gasteiger partial charge in [0.05, 0.1) is 19.6 Å². The van der Waals surface area contributed by atoms with E-state index in [0.29, 0.717) is 13.1 Å². The van der Waals surface area contributed by atoms with Gasteiger partial charge in [0.2, 0.25) is 5.91 Å². The van der Waals surface area contributed by atoms with Crippen LogP contribution in [-0.2, 0) is 14.4 Å². The summed E-state index contributed by atoms with van der Waals surface area (Å²) in [5.41, 5.74) is 0. The number of hydrogen-bond acceptors (Lipinski definition) is 4. The third kappa shape index (κ3) is 17.0. The molecule has 0 aliphatic rings. The molecule has 29 heavy (non-hydrogen) atoms. The predicted molar refractivity (Wildman–Crippen MR) is 115 cm³/mol. The number of rotatable bonds is 20. The summed E-state index contributed by atoms with van der Waals surface area (Å²) >= 11 is 0. The van der Waals surface area contributed by atoms with E-state index in [0.717, 1.165) is 38.5 Å². The zero-order valence-corrected chi connectivity index (χ0v) is 18.5. The third-order valence-corrected chi connectivity index (χ3v) is 4.99. The van der Waals surface area contributed by atoms with Crippen molar-refractivity contribution in [2.75, 3.05) is 32.7 Å². The lowest BCUT2D eigenvalue weighted by molar-refractivity contribution is -0.143. The second-order valence-electron chi connectivity index (χ2n) is 7.85. The molecule has 0 unspecified atom stereocenters. The SMILES string of the molecule is CCCCCCCCN(CCCCCCCC)C(=O)CN(CC(=O)O)CC(=O)O. The molecule has 0 saturated heterocycles. The van der Waals surface area contributed by atoms with Crippen molar-refractivity contribution in [3.8, 4) is 0 Å². The number of unbranched alkanes of at least 4 members (excludes halogenated alkanes) is 10. The minimum atomic E-state index is -1.13. The van der Waals surface area contributed by atoms with Crippen molar-refractivity contribution in [2.45, 2.75) is 90.9 Å². The molecule has 0 fully saturated rings. The Labute approximate surface area is 176 Å². The number of nitrogens with zero attached hydrogens (tertiary/aromatic N) is 2. The molecule has 0 saturated carbocycles. The van der Waals surface area contributed by atoms with Crippen LogP contribution >= 0.6 is 0 Å². The molecule has 0 aromatic heterocycles. The Morgan fingerprint density at radius 3 is 1.34 bits per heavy atom. The zero-order valence-electron chi connectivity index (χ0n) is 18.5. The molecule has 0 heterocycles. The van der Waals surface area contributed by atoms with Crippen LogP contribution in [0.1, 0.15) is 90.9 Å². The maximum atomic E-state index is 12.7. The Balaban J connectivity index is 4.60. The van der Waals surface area contributed by atoms with Gasteiger partial charge < -0.3 is 15.1 Å². The molecule has 7 nitrogen and oxygen atoms in total. The fourth-order valence-electron chi connectivity index (χ4n) is 3.37. The van der Waals surface area contributed by atoms with Crippen LogP contribution in [0, 0.1) is 0 Å². The van der Waals surface area contributed by atoms with Gasteiger partial charge in [0.25, 0.3) is 0 Å². The van der Waals surface area contributed by atoms with E-state index in [-0.39, 0.29) is 12.5 Å². The number of aliphatic carboxylic acids is 2. The lowest BCUT2D eigenvalue weighted by Gasteiger charge is -2.26. The van der Waals surface area contributed by atoms with E-state index in [2.05, 4.69) is 13.8 Å². The molecule has 0 aromatic carbocycles. The van der Waals surface area contributed by atoms with Gasteiger partial charge in [0, 0.05) is 13.1 Å². The largest absolute Gasteiger partial charge is 0.480 e. The van der Waals surface area contributed by atoms with E-state index in [1.165, 1.54) is 43.4 Å². The monoisotopic (exact) mass is 414 g/mol. The van der Waals surface area contributed by atoms with Crippen LogP contribution in [0.5, 0.6) is 0 Å². The Morgan fingerprint density at radius 2 is 0.966 bits per heavy atom. The molecular weight excluding hydrogens is 372 g/mol. The Kier molecular flexibility index (Phi) is 17.4. The van der Waals surface area contributed by atoms with Crippen LogP contribution < -0.4 is 0 Å². The molecule has 0 radical (unpaired) electrons. The first kappa shape index (κ1) is 27.4. The molecular formula is C22H42N2O5. The zero-order chi connectivity index (χ0) is 21.9. The van der Waals surface area contributed by atoms with E-state index < -0.39 is 25.0 Å². The summed E-state index contributed by atoms with van der Waals surface area (Å²) in [7, 11) is 0. The number of carbonyl (C=O) groups is 3. The third-order valence-electron chi connectivity index (χ3n) is 4.99. The van der Waals surface area contributed by atoms with E-state index in [4.69, 9.17) is 10.2 Å². The lowest BCUT2D eigenvalue weighted by atomic mass is 10.1. The van der Waals surface area contributed by atoms with Crippen molar-refractivity contribution < 1.29 is 24.6 Å². The van der Waals surface area contributed by atoms with Crippen molar-refractivity contribution in [3.05, 3.63) is 0 Å². The number of carbonyl (C=O) groups excluding carboxylic acids is 1. The minimum Gasteiger partial charge on any atom is -0.480 e. The van der Waals surface area contributed by atoms with Gasteiger partial charge in [-0.3, -0.25) is 19.3 Å². The molecule has 0 rings (SSSR count). The van der Waals surface area contributed by atoms with Crippen LogP contribution in [0.4, 0.5) is 0 Å². The summed E-state index contributed by atoms with van der Waals surface area (Å²) in [6, 6.07) is 0. The summed E-state index contributed by atoms with van der Waals surface area (Å²) in [6.07, 6.45) is 13.7. The standard InChI is InChI=1S/C22H42N2O5/c1-3-5-7-9-11-13-15-24(16-14-12-10-8-6-4-2)20(25)17-23(18-21(26)27)19-22(28)29/h3-19H2,1-2H3,(H,26,27)(H,28,29). The van der Waals surface area contributed by atoms with Crippen LogP contribution in [0.3, 0.4) is 0 Å². The minimum absolute atomic E-state index is 0.162. The molecule has 0 atom stereocenters. The quantitative estimate of drug-likeness (QED) is 0.292. The van der Waals surface area contributed by atoms with Gasteiger partial charge in [0.15, 0.2) is 0 Å². The molecule has 7 heteroatoms. The van der Waals surface area contributed by atoms with Crippen molar-refractivity contribution in [1.82, 2.24) is 9.80 Å². The van der Waals surface area contributed by atoms with Gasteiger partial charge in [-0.25, -0.2) is 0 Å². The van der Waals surface area contributed by atoms with Crippen LogP contribution in [0.25, 0.3) is 0 Å². The number of amides is 1. The maximum absolute atomic E-state index is 12.7. The van der Waals surface area contributed by atoms with Gasteiger partial charge in [-0.1, -0.05) is 78.1 Å². The molecule has 2 N–H and O–H groups in total. The maximum Gasteiger partial charge on any atom is 0.317 e. The molecule has 0 bridgehead atoms. The summed E-state index contributed by atoms with van der Waals surface area (Å²) < 4.78 is 0. The molecule has 0 aromatic rings. The van der Waals surface area contributed by atoms with E-state index in [1.807, 2.05) is 0 Å². The summed E-state index contributed by atoms with van der Waals surface area (Å²) in [5.74, 6) is -2.43. The molecule has 1 amide bonds. The highest BCUT2D eigenvalue weighted by Crippen LogP contribution is 2.10. The van der Waals surface area contributed by atoms with Gasteiger partial charge in [-0.05, 0) is 12.8 Å². The fourth-order valence-corrected chi connectivity index (χ4v) is 3.37. The summed E-state index contributed by atoms with van der Waals surface area (Å²) in [4.78, 5) is 37.7. The fraction of sp³-hybridized carbons (Fsp3) is 0.864. The summed E-state index contributed by atoms with van der Waals surface area (Å²) in [6.45, 7) is 4.63. The second-order valence-corrected chi connectivity index (χ2v) is 7.85. The number of hydrogen-bond donors (Lipinski definition) is 2. The highest BCUT2D eigenvalue weighted by molar-refractivity contribution is 5.80. The second kappa shape index (κ2) is 18.4. The number of carboxylic acids is 2. The van der Waals surface area contributed by atoms with Crippen LogP contribution in [0.15, 0.2) is 0 Å². The van der Waals surface area contributed by atoms with Crippen molar-refractivity contribution in [3.63, 3.8) is 0 Å². The first-order chi connectivity index (χ1) is 13.9. The average molecular weight is 415 g/mol. The number of carboxylic acid groups (broad SMARTS) is 2. The predicted octanol–water partition coefficient (Wildman–Crippen LogP) is 4.01. The van der Waals surface area contributed by atoms with Crippen LogP contribution in [0.2, 0.25) is 0 Å². The van der Waals surface area contributed by atoms with E-state index in [9.17, 15) is 14.4 Å². The summed E-state index contributed by atoms with van der Waals surface area (Å²) in [5, 5.41) is 18.0. The Hall–Kier alpha value is -1.63. The van der Waals surface area contributed by atoms with Crippen molar-refractivity contribution in [1.29, 1.82) is 0 Å².